The third kappa shape index (κ3) is 4.42. The van der Waals surface area contributed by atoms with Crippen LogP contribution in [0.4, 0.5) is 15.8 Å². The number of nitrogens with one attached hydrogen (secondary N) is 2. The van der Waals surface area contributed by atoms with Crippen LogP contribution in [0.2, 0.25) is 0 Å². The zero-order valence-corrected chi connectivity index (χ0v) is 19.7. The Morgan fingerprint density at radius 1 is 1.27 bits per heavy atom. The number of anilines is 2. The number of amides is 4. The van der Waals surface area contributed by atoms with Crippen molar-refractivity contribution < 1.29 is 27.7 Å². The number of nitrogens with zero attached hydrogens (tertiary/aromatic N) is 3. The topological polar surface area (TPSA) is 103 Å². The standard InChI is InChI=1S/C27H26FN5O4/c1-29-22-14-27(19-5-3-4-6-20(19)31-26(27)37)15-33(22)24(35)21(13-16-7-8-16)32(2)25(36)23(34)30-18-11-9-17(28)10-12-18/h3-6,9-12,16,21-22H,7-8,13-15H2,2H3,(H,30,34)(H,31,37)/t21-,22-,27-/m0/s1/i2D3. The minimum Gasteiger partial charge on any atom is -0.325 e. The highest BCUT2D eigenvalue weighted by atomic mass is 19.1. The second kappa shape index (κ2) is 9.32. The van der Waals surface area contributed by atoms with E-state index < -0.39 is 48.1 Å². The van der Waals surface area contributed by atoms with Crippen LogP contribution >= 0.6 is 0 Å². The molecule has 5 rings (SSSR count). The van der Waals surface area contributed by atoms with Crippen LogP contribution in [0.25, 0.3) is 4.85 Å². The molecule has 3 atom stereocenters. The summed E-state index contributed by atoms with van der Waals surface area (Å²) in [5.41, 5.74) is 0.0955. The fourth-order valence-electron chi connectivity index (χ4n) is 5.10. The van der Waals surface area contributed by atoms with Crippen LogP contribution in [0, 0.1) is 18.3 Å². The van der Waals surface area contributed by atoms with Crippen LogP contribution in [-0.4, -0.2) is 59.2 Å². The van der Waals surface area contributed by atoms with Gasteiger partial charge in [0.2, 0.25) is 5.91 Å². The lowest BCUT2D eigenvalue weighted by atomic mass is 9.80. The van der Waals surface area contributed by atoms with Gasteiger partial charge in [-0.15, -0.1) is 0 Å². The Balaban J connectivity index is 1.46. The molecule has 1 spiro atoms. The van der Waals surface area contributed by atoms with E-state index >= 15 is 0 Å². The summed E-state index contributed by atoms with van der Waals surface area (Å²) in [4.78, 5) is 58.5. The fourth-order valence-corrected chi connectivity index (χ4v) is 5.10. The number of benzene rings is 2. The first-order valence-corrected chi connectivity index (χ1v) is 11.9. The molecule has 2 N–H and O–H groups in total. The van der Waals surface area contributed by atoms with Crippen molar-refractivity contribution >= 4 is 35.0 Å². The van der Waals surface area contributed by atoms with Crippen molar-refractivity contribution in [2.75, 3.05) is 24.2 Å². The molecule has 1 saturated heterocycles. The SMILES string of the molecule is [2H]C([2H])([2H])N(C(=O)C(=O)Nc1ccc(F)cc1)[C@@H](CC1CC1)C(=O)N1C[C@]2(C[C@H]1[N+]#[C-])C(=O)Nc1ccccc12. The predicted octanol–water partition coefficient (Wildman–Crippen LogP) is 2.76. The molecular formula is C27H26FN5O4. The lowest BCUT2D eigenvalue weighted by Crippen LogP contribution is -2.53. The zero-order chi connectivity index (χ0) is 28.8. The van der Waals surface area contributed by atoms with Gasteiger partial charge in [-0.1, -0.05) is 31.0 Å². The lowest BCUT2D eigenvalue weighted by molar-refractivity contribution is -0.149. The van der Waals surface area contributed by atoms with Gasteiger partial charge in [0.1, 0.15) is 17.3 Å². The van der Waals surface area contributed by atoms with Crippen LogP contribution in [-0.2, 0) is 24.6 Å². The third-order valence-corrected chi connectivity index (χ3v) is 7.25. The molecule has 4 amide bonds. The summed E-state index contributed by atoms with van der Waals surface area (Å²) in [6.45, 7) is 4.41. The summed E-state index contributed by atoms with van der Waals surface area (Å²) in [5, 5.41) is 5.06. The van der Waals surface area contributed by atoms with Gasteiger partial charge in [0.25, 0.3) is 5.91 Å². The summed E-state index contributed by atoms with van der Waals surface area (Å²) >= 11 is 0. The maximum atomic E-state index is 14.1. The molecule has 190 valence electrons. The monoisotopic (exact) mass is 506 g/mol. The number of halogens is 1. The van der Waals surface area contributed by atoms with E-state index in [1.807, 2.05) is 0 Å². The molecule has 2 aliphatic heterocycles. The third-order valence-electron chi connectivity index (χ3n) is 7.25. The highest BCUT2D eigenvalue weighted by Crippen LogP contribution is 2.47. The van der Waals surface area contributed by atoms with Crippen LogP contribution in [0.5, 0.6) is 0 Å². The molecule has 2 aromatic rings. The smallest absolute Gasteiger partial charge is 0.313 e. The Kier molecular flexibility index (Phi) is 5.26. The van der Waals surface area contributed by atoms with Crippen molar-refractivity contribution in [2.45, 2.75) is 43.3 Å². The van der Waals surface area contributed by atoms with Gasteiger partial charge >= 0.3 is 18.0 Å². The van der Waals surface area contributed by atoms with Crippen LogP contribution in [0.3, 0.4) is 0 Å². The average Bonchev–Trinajstić information content (AvgIpc) is 3.58. The number of carbonyl (C=O) groups is 4. The molecule has 2 fully saturated rings. The maximum Gasteiger partial charge on any atom is 0.313 e. The van der Waals surface area contributed by atoms with Crippen molar-refractivity contribution in [3.05, 3.63) is 71.3 Å². The Labute approximate surface area is 217 Å². The van der Waals surface area contributed by atoms with E-state index in [-0.39, 0.29) is 36.9 Å². The Morgan fingerprint density at radius 3 is 2.68 bits per heavy atom. The number of hydrogen-bond donors (Lipinski definition) is 2. The van der Waals surface area contributed by atoms with Crippen molar-refractivity contribution in [3.8, 4) is 0 Å². The number of hydrogen-bond acceptors (Lipinski definition) is 4. The molecule has 0 aromatic heterocycles. The van der Waals surface area contributed by atoms with Gasteiger partial charge in [0.15, 0.2) is 0 Å². The molecule has 37 heavy (non-hydrogen) atoms. The lowest BCUT2D eigenvalue weighted by Gasteiger charge is -2.31. The molecule has 0 unspecified atom stereocenters. The van der Waals surface area contributed by atoms with E-state index in [0.29, 0.717) is 16.2 Å². The second-order valence-corrected chi connectivity index (χ2v) is 9.69. The van der Waals surface area contributed by atoms with Gasteiger partial charge < -0.3 is 15.5 Å². The van der Waals surface area contributed by atoms with Crippen LogP contribution in [0.1, 0.15) is 35.4 Å². The first-order valence-electron chi connectivity index (χ1n) is 13.4. The number of fused-ring (bicyclic) bond motifs is 2. The highest BCUT2D eigenvalue weighted by molar-refractivity contribution is 6.39. The Morgan fingerprint density at radius 2 is 2.00 bits per heavy atom. The first-order chi connectivity index (χ1) is 18.9. The predicted molar refractivity (Wildman–Crippen MR) is 132 cm³/mol. The van der Waals surface area contributed by atoms with Crippen molar-refractivity contribution in [1.82, 2.24) is 9.80 Å². The van der Waals surface area contributed by atoms with Gasteiger partial charge in [-0.25, -0.2) is 11.0 Å². The van der Waals surface area contributed by atoms with Gasteiger partial charge in [-0.3, -0.25) is 28.9 Å². The van der Waals surface area contributed by atoms with Gasteiger partial charge in [-0.05, 0) is 48.2 Å². The van der Waals surface area contributed by atoms with Gasteiger partial charge in [-0.2, -0.15) is 0 Å². The van der Waals surface area contributed by atoms with E-state index in [2.05, 4.69) is 15.5 Å². The van der Waals surface area contributed by atoms with E-state index in [4.69, 9.17) is 10.7 Å². The summed E-state index contributed by atoms with van der Waals surface area (Å²) in [6.07, 6.45) is 0.367. The fraction of sp³-hybridized carbons (Fsp3) is 0.370. The summed E-state index contributed by atoms with van der Waals surface area (Å²) < 4.78 is 37.5. The molecule has 0 bridgehead atoms. The van der Waals surface area contributed by atoms with Crippen LogP contribution in [0.15, 0.2) is 48.5 Å². The van der Waals surface area contributed by atoms with E-state index in [9.17, 15) is 23.6 Å². The molecule has 1 aliphatic carbocycles. The minimum atomic E-state index is -3.17. The molecule has 3 aliphatic rings. The number of likely N-dealkylation sites (N-methyl/N-ethyl adjacent to an activating group) is 1. The van der Waals surface area contributed by atoms with E-state index in [1.165, 1.54) is 17.0 Å². The second-order valence-electron chi connectivity index (χ2n) is 9.69. The molecule has 0 radical (unpaired) electrons. The zero-order valence-electron chi connectivity index (χ0n) is 22.7. The van der Waals surface area contributed by atoms with Crippen molar-refractivity contribution in [1.29, 1.82) is 0 Å². The molecule has 1 saturated carbocycles. The molecule has 2 heterocycles. The minimum absolute atomic E-state index is 0.00794. The van der Waals surface area contributed by atoms with Gasteiger partial charge in [0.05, 0.1) is 6.42 Å². The van der Waals surface area contributed by atoms with Crippen molar-refractivity contribution in [3.63, 3.8) is 0 Å². The quantitative estimate of drug-likeness (QED) is 0.481. The highest BCUT2D eigenvalue weighted by Gasteiger charge is 2.59. The number of carbonyl (C=O) groups excluding carboxylic acids is 4. The average molecular weight is 507 g/mol. The normalized spacial score (nSPS) is 24.2. The van der Waals surface area contributed by atoms with Gasteiger partial charge in [0, 0.05) is 29.0 Å². The van der Waals surface area contributed by atoms with E-state index in [1.54, 1.807) is 24.3 Å². The maximum absolute atomic E-state index is 14.1. The summed E-state index contributed by atoms with van der Waals surface area (Å²) in [5.74, 6) is -4.54. The molecule has 9 nitrogen and oxygen atoms in total. The molecule has 10 heteroatoms. The molecular weight excluding hydrogens is 477 g/mol. The van der Waals surface area contributed by atoms with Crippen LogP contribution < -0.4 is 10.6 Å². The summed E-state index contributed by atoms with van der Waals surface area (Å²) in [6, 6.07) is 9.96. The Bertz CT molecular complexity index is 1420. The number of likely N-dealkylation sites (tertiary alicyclic amines) is 1. The summed E-state index contributed by atoms with van der Waals surface area (Å²) in [7, 11) is 0. The largest absolute Gasteiger partial charge is 0.325 e. The number of rotatable bonds is 5. The van der Waals surface area contributed by atoms with Crippen molar-refractivity contribution in [2.24, 2.45) is 5.92 Å². The van der Waals surface area contributed by atoms with E-state index in [0.717, 1.165) is 25.0 Å². The number of para-hydroxylation sites is 1. The first kappa shape index (κ1) is 20.9. The molecule has 2 aromatic carbocycles. The Hall–Kier alpha value is -4.26.